The lowest BCUT2D eigenvalue weighted by Crippen LogP contribution is -2.05. The van der Waals surface area contributed by atoms with E-state index in [1.54, 1.807) is 0 Å². The van der Waals surface area contributed by atoms with E-state index in [0.717, 1.165) is 0 Å². The van der Waals surface area contributed by atoms with Crippen LogP contribution in [0.1, 0.15) is 11.1 Å². The molecule has 0 aliphatic heterocycles. The van der Waals surface area contributed by atoms with E-state index in [2.05, 4.69) is 0 Å². The second-order valence-electron chi connectivity index (χ2n) is 2.60. The highest BCUT2D eigenvalue weighted by Crippen LogP contribution is 2.33. The van der Waals surface area contributed by atoms with Crippen LogP contribution in [0.5, 0.6) is 5.75 Å². The Balaban J connectivity index is 3.29. The van der Waals surface area contributed by atoms with E-state index in [0.29, 0.717) is 12.1 Å². The molecule has 0 aromatic heterocycles. The summed E-state index contributed by atoms with van der Waals surface area (Å²) < 4.78 is 48.7. The predicted octanol–water partition coefficient (Wildman–Crippen LogP) is 2.86. The van der Waals surface area contributed by atoms with Crippen molar-refractivity contribution in [1.29, 1.82) is 0 Å². The molecule has 0 fully saturated rings. The first-order valence-corrected chi connectivity index (χ1v) is 3.38. The quantitative estimate of drug-likeness (QED) is 0.629. The Hall–Kier alpha value is -1.26. The highest BCUT2D eigenvalue weighted by molar-refractivity contribution is 5.37. The predicted molar refractivity (Wildman–Crippen MR) is 37.8 cm³/mol. The Morgan fingerprint density at radius 2 is 1.77 bits per heavy atom. The molecule has 13 heavy (non-hydrogen) atoms. The molecule has 1 rings (SSSR count). The summed E-state index contributed by atoms with van der Waals surface area (Å²) in [5.74, 6) is -1.75. The standard InChI is InChI=1S/C8H6F4O/c1-4-6(9)2-5(3-7(4)13)8(10,11)12/h2-3,13H,1H3. The Kier molecular flexibility index (Phi) is 2.19. The Labute approximate surface area is 71.6 Å². The first-order valence-electron chi connectivity index (χ1n) is 3.38. The van der Waals surface area contributed by atoms with Crippen molar-refractivity contribution >= 4 is 0 Å². The van der Waals surface area contributed by atoms with Crippen LogP contribution in [0.4, 0.5) is 17.6 Å². The number of phenolic OH excluding ortho intramolecular Hbond substituents is 1. The molecule has 1 aromatic rings. The van der Waals surface area contributed by atoms with Gasteiger partial charge in [-0.1, -0.05) is 0 Å². The summed E-state index contributed by atoms with van der Waals surface area (Å²) >= 11 is 0. The zero-order valence-electron chi connectivity index (χ0n) is 6.61. The third kappa shape index (κ3) is 1.91. The fourth-order valence-electron chi connectivity index (χ4n) is 0.828. The summed E-state index contributed by atoms with van der Waals surface area (Å²) in [6, 6.07) is 0.855. The fourth-order valence-corrected chi connectivity index (χ4v) is 0.828. The number of benzene rings is 1. The molecule has 0 unspecified atom stereocenters. The summed E-state index contributed by atoms with van der Waals surface area (Å²) in [5, 5.41) is 8.90. The van der Waals surface area contributed by atoms with Crippen LogP contribution in [0.3, 0.4) is 0 Å². The van der Waals surface area contributed by atoms with Crippen LogP contribution in [0, 0.1) is 12.7 Å². The van der Waals surface area contributed by atoms with Crippen LogP contribution in [0.25, 0.3) is 0 Å². The van der Waals surface area contributed by atoms with Crippen molar-refractivity contribution in [3.8, 4) is 5.75 Å². The Morgan fingerprint density at radius 3 is 2.15 bits per heavy atom. The van der Waals surface area contributed by atoms with Crippen LogP contribution in [-0.4, -0.2) is 5.11 Å². The molecule has 1 N–H and O–H groups in total. The number of halogens is 4. The lowest BCUT2D eigenvalue weighted by molar-refractivity contribution is -0.137. The van der Waals surface area contributed by atoms with Crippen molar-refractivity contribution in [3.63, 3.8) is 0 Å². The van der Waals surface area contributed by atoms with Crippen molar-refractivity contribution in [2.45, 2.75) is 13.1 Å². The normalized spacial score (nSPS) is 11.8. The first-order chi connectivity index (χ1) is 5.82. The van der Waals surface area contributed by atoms with Crippen molar-refractivity contribution in [1.82, 2.24) is 0 Å². The molecule has 1 aromatic carbocycles. The molecular weight excluding hydrogens is 188 g/mol. The minimum absolute atomic E-state index is 0.187. The molecule has 0 heterocycles. The Morgan fingerprint density at radius 1 is 1.23 bits per heavy atom. The van der Waals surface area contributed by atoms with Gasteiger partial charge in [-0.05, 0) is 19.1 Å². The summed E-state index contributed by atoms with van der Waals surface area (Å²) in [7, 11) is 0. The number of aromatic hydroxyl groups is 1. The summed E-state index contributed by atoms with van der Waals surface area (Å²) in [5.41, 5.74) is -1.37. The van der Waals surface area contributed by atoms with Gasteiger partial charge in [-0.2, -0.15) is 13.2 Å². The van der Waals surface area contributed by atoms with Crippen LogP contribution in [0.2, 0.25) is 0 Å². The second kappa shape index (κ2) is 2.90. The molecule has 5 heteroatoms. The molecule has 0 aliphatic rings. The fraction of sp³-hybridized carbons (Fsp3) is 0.250. The highest BCUT2D eigenvalue weighted by atomic mass is 19.4. The van der Waals surface area contributed by atoms with Gasteiger partial charge >= 0.3 is 6.18 Å². The second-order valence-corrected chi connectivity index (χ2v) is 2.60. The molecule has 72 valence electrons. The van der Waals surface area contributed by atoms with Crippen LogP contribution in [0.15, 0.2) is 12.1 Å². The van der Waals surface area contributed by atoms with Gasteiger partial charge in [0.05, 0.1) is 5.56 Å². The van der Waals surface area contributed by atoms with Crippen LogP contribution < -0.4 is 0 Å². The number of phenols is 1. The summed E-state index contributed by atoms with van der Waals surface area (Å²) in [6.07, 6.45) is -4.63. The van der Waals surface area contributed by atoms with Gasteiger partial charge in [0.25, 0.3) is 0 Å². The molecule has 1 nitrogen and oxygen atoms in total. The summed E-state index contributed by atoms with van der Waals surface area (Å²) in [4.78, 5) is 0. The SMILES string of the molecule is Cc1c(O)cc(C(F)(F)F)cc1F. The van der Waals surface area contributed by atoms with Gasteiger partial charge in [0.1, 0.15) is 11.6 Å². The third-order valence-electron chi connectivity index (χ3n) is 1.64. The average Bonchev–Trinajstić information content (AvgIpc) is 1.97. The lowest BCUT2D eigenvalue weighted by Gasteiger charge is -2.08. The van der Waals surface area contributed by atoms with Crippen molar-refractivity contribution in [3.05, 3.63) is 29.1 Å². The Bertz CT molecular complexity index is 306. The first kappa shape index (κ1) is 9.83. The van der Waals surface area contributed by atoms with Crippen LogP contribution >= 0.6 is 0 Å². The average molecular weight is 194 g/mol. The largest absolute Gasteiger partial charge is 0.508 e. The molecule has 0 spiro atoms. The number of alkyl halides is 3. The number of rotatable bonds is 0. The van der Waals surface area contributed by atoms with E-state index in [4.69, 9.17) is 5.11 Å². The molecule has 0 amide bonds. The van der Waals surface area contributed by atoms with E-state index < -0.39 is 23.3 Å². The van der Waals surface area contributed by atoms with E-state index >= 15 is 0 Å². The van der Waals surface area contributed by atoms with Gasteiger partial charge in [-0.15, -0.1) is 0 Å². The zero-order valence-corrected chi connectivity index (χ0v) is 6.61. The molecule has 0 saturated carbocycles. The lowest BCUT2D eigenvalue weighted by atomic mass is 10.1. The number of hydrogen-bond acceptors (Lipinski definition) is 1. The maximum atomic E-state index is 12.7. The molecule has 0 saturated heterocycles. The molecule has 0 atom stereocenters. The summed E-state index contributed by atoms with van der Waals surface area (Å²) in [6.45, 7) is 1.20. The van der Waals surface area contributed by atoms with Crippen molar-refractivity contribution < 1.29 is 22.7 Å². The van der Waals surface area contributed by atoms with Gasteiger partial charge in [0.2, 0.25) is 0 Å². The molecule has 0 aliphatic carbocycles. The minimum Gasteiger partial charge on any atom is -0.508 e. The smallest absolute Gasteiger partial charge is 0.416 e. The third-order valence-corrected chi connectivity index (χ3v) is 1.64. The van der Waals surface area contributed by atoms with Gasteiger partial charge in [-0.25, -0.2) is 4.39 Å². The van der Waals surface area contributed by atoms with E-state index in [1.165, 1.54) is 6.92 Å². The molecule has 0 radical (unpaired) electrons. The highest BCUT2D eigenvalue weighted by Gasteiger charge is 2.32. The van der Waals surface area contributed by atoms with Gasteiger partial charge < -0.3 is 5.11 Å². The number of hydrogen-bond donors (Lipinski definition) is 1. The minimum atomic E-state index is -4.63. The van der Waals surface area contributed by atoms with Gasteiger partial charge in [-0.3, -0.25) is 0 Å². The monoisotopic (exact) mass is 194 g/mol. The molecular formula is C8H6F4O. The zero-order chi connectivity index (χ0) is 10.2. The maximum Gasteiger partial charge on any atom is 0.416 e. The van der Waals surface area contributed by atoms with Crippen LogP contribution in [-0.2, 0) is 6.18 Å². The van der Waals surface area contributed by atoms with Crippen molar-refractivity contribution in [2.75, 3.05) is 0 Å². The van der Waals surface area contributed by atoms with E-state index in [1.807, 2.05) is 0 Å². The maximum absolute atomic E-state index is 12.7. The topological polar surface area (TPSA) is 20.2 Å². The van der Waals surface area contributed by atoms with Gasteiger partial charge in [0, 0.05) is 5.56 Å². The van der Waals surface area contributed by atoms with E-state index in [-0.39, 0.29) is 5.56 Å². The van der Waals surface area contributed by atoms with Gasteiger partial charge in [0.15, 0.2) is 0 Å². The van der Waals surface area contributed by atoms with E-state index in [9.17, 15) is 17.6 Å². The van der Waals surface area contributed by atoms with Crippen molar-refractivity contribution in [2.24, 2.45) is 0 Å². The molecule has 0 bridgehead atoms.